The molecular weight excluding hydrogens is 344 g/mol. The minimum Gasteiger partial charge on any atom is -0.389 e. The third kappa shape index (κ3) is 3.47. The molecular formula is C14H12BrClN2S. The van der Waals surface area contributed by atoms with Crippen molar-refractivity contribution < 1.29 is 0 Å². The predicted octanol–water partition coefficient (Wildman–Crippen LogP) is 4.79. The second kappa shape index (κ2) is 5.90. The van der Waals surface area contributed by atoms with E-state index in [1.807, 2.05) is 43.3 Å². The van der Waals surface area contributed by atoms with Crippen molar-refractivity contribution in [2.75, 3.05) is 5.32 Å². The van der Waals surface area contributed by atoms with Gasteiger partial charge in [-0.3, -0.25) is 0 Å². The van der Waals surface area contributed by atoms with Crippen molar-refractivity contribution >= 4 is 56.1 Å². The Balaban J connectivity index is 2.37. The number of hydrogen-bond acceptors (Lipinski definition) is 2. The van der Waals surface area contributed by atoms with Crippen LogP contribution in [0, 0.1) is 6.92 Å². The molecule has 2 rings (SSSR count). The summed E-state index contributed by atoms with van der Waals surface area (Å²) in [6, 6.07) is 11.6. The van der Waals surface area contributed by atoms with Gasteiger partial charge in [0.15, 0.2) is 0 Å². The molecule has 0 saturated carbocycles. The summed E-state index contributed by atoms with van der Waals surface area (Å²) in [5, 5.41) is 3.96. The maximum Gasteiger partial charge on any atom is 0.106 e. The first kappa shape index (κ1) is 14.3. The molecule has 0 spiro atoms. The monoisotopic (exact) mass is 354 g/mol. The lowest BCUT2D eigenvalue weighted by Crippen LogP contribution is -2.12. The molecule has 3 N–H and O–H groups in total. The Morgan fingerprint density at radius 1 is 1.26 bits per heavy atom. The molecule has 0 fully saturated rings. The van der Waals surface area contributed by atoms with Crippen LogP contribution in [-0.2, 0) is 0 Å². The molecule has 0 radical (unpaired) electrons. The lowest BCUT2D eigenvalue weighted by molar-refractivity contribution is 1.43. The van der Waals surface area contributed by atoms with Crippen molar-refractivity contribution in [2.24, 2.45) is 5.73 Å². The zero-order valence-electron chi connectivity index (χ0n) is 10.2. The topological polar surface area (TPSA) is 38.0 Å². The molecule has 0 aliphatic heterocycles. The van der Waals surface area contributed by atoms with E-state index in [-0.39, 0.29) is 0 Å². The summed E-state index contributed by atoms with van der Waals surface area (Å²) in [5.41, 5.74) is 9.50. The number of rotatable bonds is 3. The molecule has 0 heterocycles. The highest BCUT2D eigenvalue weighted by Crippen LogP contribution is 2.28. The van der Waals surface area contributed by atoms with Gasteiger partial charge in [-0.15, -0.1) is 0 Å². The molecule has 0 aromatic heterocycles. The van der Waals surface area contributed by atoms with Gasteiger partial charge in [0.25, 0.3) is 0 Å². The highest BCUT2D eigenvalue weighted by atomic mass is 79.9. The van der Waals surface area contributed by atoms with Gasteiger partial charge in [0.05, 0.1) is 5.02 Å². The van der Waals surface area contributed by atoms with Crippen molar-refractivity contribution in [3.63, 3.8) is 0 Å². The first-order valence-electron chi connectivity index (χ1n) is 5.60. The lowest BCUT2D eigenvalue weighted by Gasteiger charge is -2.12. The Morgan fingerprint density at radius 3 is 2.63 bits per heavy atom. The van der Waals surface area contributed by atoms with Gasteiger partial charge in [0.1, 0.15) is 4.99 Å². The largest absolute Gasteiger partial charge is 0.389 e. The first-order chi connectivity index (χ1) is 8.97. The third-order valence-electron chi connectivity index (χ3n) is 2.64. The van der Waals surface area contributed by atoms with E-state index < -0.39 is 0 Å². The number of benzene rings is 2. The van der Waals surface area contributed by atoms with E-state index in [1.54, 1.807) is 0 Å². The lowest BCUT2D eigenvalue weighted by atomic mass is 10.1. The molecule has 2 nitrogen and oxygen atoms in total. The van der Waals surface area contributed by atoms with Gasteiger partial charge >= 0.3 is 0 Å². The average molecular weight is 356 g/mol. The molecule has 0 bridgehead atoms. The standard InChI is InChI=1S/C14H12BrClN2S/c1-8-2-5-13(10(6-8)14(17)19)18-9-3-4-12(16)11(15)7-9/h2-7,18H,1H3,(H2,17,19). The fourth-order valence-electron chi connectivity index (χ4n) is 1.70. The highest BCUT2D eigenvalue weighted by Gasteiger charge is 2.07. The summed E-state index contributed by atoms with van der Waals surface area (Å²) >= 11 is 14.4. The molecule has 0 aliphatic carbocycles. The molecule has 2 aromatic carbocycles. The molecule has 0 amide bonds. The van der Waals surface area contributed by atoms with Gasteiger partial charge in [0, 0.05) is 21.4 Å². The Bertz CT molecular complexity index is 643. The maximum absolute atomic E-state index is 5.97. The van der Waals surface area contributed by atoms with Gasteiger partial charge in [-0.05, 0) is 53.2 Å². The van der Waals surface area contributed by atoms with Crippen LogP contribution in [0.15, 0.2) is 40.9 Å². The number of nitrogens with one attached hydrogen (secondary N) is 1. The SMILES string of the molecule is Cc1ccc(Nc2ccc(Cl)c(Br)c2)c(C(N)=S)c1. The summed E-state index contributed by atoms with van der Waals surface area (Å²) in [7, 11) is 0. The van der Waals surface area contributed by atoms with Crippen LogP contribution >= 0.6 is 39.7 Å². The van der Waals surface area contributed by atoms with Gasteiger partial charge in [-0.25, -0.2) is 0 Å². The van der Waals surface area contributed by atoms with Gasteiger partial charge in [-0.2, -0.15) is 0 Å². The number of hydrogen-bond donors (Lipinski definition) is 2. The molecule has 5 heteroatoms. The Labute approximate surface area is 131 Å². The maximum atomic E-state index is 5.97. The van der Waals surface area contributed by atoms with Crippen LogP contribution in [0.5, 0.6) is 0 Å². The van der Waals surface area contributed by atoms with E-state index in [1.165, 1.54) is 0 Å². The third-order valence-corrected chi connectivity index (χ3v) is 4.07. The van der Waals surface area contributed by atoms with E-state index in [0.717, 1.165) is 27.0 Å². The van der Waals surface area contributed by atoms with Crippen molar-refractivity contribution in [3.8, 4) is 0 Å². The second-order valence-electron chi connectivity index (χ2n) is 4.17. The van der Waals surface area contributed by atoms with Gasteiger partial charge in [0.2, 0.25) is 0 Å². The van der Waals surface area contributed by atoms with E-state index in [4.69, 9.17) is 29.6 Å². The summed E-state index contributed by atoms with van der Waals surface area (Å²) in [5.74, 6) is 0. The van der Waals surface area contributed by atoms with E-state index in [0.29, 0.717) is 10.0 Å². The van der Waals surface area contributed by atoms with Crippen molar-refractivity contribution in [1.82, 2.24) is 0 Å². The summed E-state index contributed by atoms with van der Waals surface area (Å²) in [4.78, 5) is 0.374. The summed E-state index contributed by atoms with van der Waals surface area (Å²) < 4.78 is 0.836. The number of anilines is 2. The Kier molecular flexibility index (Phi) is 4.45. The number of halogens is 2. The fraction of sp³-hybridized carbons (Fsp3) is 0.0714. The van der Waals surface area contributed by atoms with E-state index in [9.17, 15) is 0 Å². The number of nitrogens with two attached hydrogens (primary N) is 1. The molecule has 98 valence electrons. The summed E-state index contributed by atoms with van der Waals surface area (Å²) in [6.07, 6.45) is 0. The average Bonchev–Trinajstić information content (AvgIpc) is 2.36. The molecule has 19 heavy (non-hydrogen) atoms. The fourth-order valence-corrected chi connectivity index (χ4v) is 2.37. The molecule has 0 unspecified atom stereocenters. The van der Waals surface area contributed by atoms with Crippen molar-refractivity contribution in [1.29, 1.82) is 0 Å². The number of aryl methyl sites for hydroxylation is 1. The second-order valence-corrected chi connectivity index (χ2v) is 5.87. The van der Waals surface area contributed by atoms with Crippen molar-refractivity contribution in [2.45, 2.75) is 6.92 Å². The highest BCUT2D eigenvalue weighted by molar-refractivity contribution is 9.10. The van der Waals surface area contributed by atoms with Gasteiger partial charge < -0.3 is 11.1 Å². The molecule has 0 saturated heterocycles. The van der Waals surface area contributed by atoms with Crippen LogP contribution in [0.1, 0.15) is 11.1 Å². The van der Waals surface area contributed by atoms with Crippen LogP contribution < -0.4 is 11.1 Å². The Hall–Kier alpha value is -1.10. The van der Waals surface area contributed by atoms with E-state index >= 15 is 0 Å². The minimum atomic E-state index is 0.374. The quantitative estimate of drug-likeness (QED) is 0.778. The minimum absolute atomic E-state index is 0.374. The van der Waals surface area contributed by atoms with E-state index in [2.05, 4.69) is 21.2 Å². The van der Waals surface area contributed by atoms with Crippen LogP contribution in [0.3, 0.4) is 0 Å². The number of thiocarbonyl (C=S) groups is 1. The molecule has 0 aliphatic rings. The zero-order valence-corrected chi connectivity index (χ0v) is 13.4. The Morgan fingerprint density at radius 2 is 2.00 bits per heavy atom. The summed E-state index contributed by atoms with van der Waals surface area (Å²) in [6.45, 7) is 2.00. The van der Waals surface area contributed by atoms with Crippen LogP contribution in [0.4, 0.5) is 11.4 Å². The molecule has 2 aromatic rings. The molecule has 0 atom stereocenters. The zero-order chi connectivity index (χ0) is 14.0. The van der Waals surface area contributed by atoms with Crippen molar-refractivity contribution in [3.05, 3.63) is 57.0 Å². The van der Waals surface area contributed by atoms with Crippen LogP contribution in [0.25, 0.3) is 0 Å². The van der Waals surface area contributed by atoms with Gasteiger partial charge in [-0.1, -0.05) is 35.4 Å². The van der Waals surface area contributed by atoms with Crippen LogP contribution in [0.2, 0.25) is 5.02 Å². The van der Waals surface area contributed by atoms with Crippen LogP contribution in [-0.4, -0.2) is 4.99 Å². The normalized spacial score (nSPS) is 10.3. The predicted molar refractivity (Wildman–Crippen MR) is 89.5 cm³/mol. The first-order valence-corrected chi connectivity index (χ1v) is 7.18. The smallest absolute Gasteiger partial charge is 0.106 e.